The Morgan fingerprint density at radius 1 is 0.931 bits per heavy atom. The first-order valence-corrected chi connectivity index (χ1v) is 9.33. The molecule has 1 heterocycles. The smallest absolute Gasteiger partial charge is 0.257 e. The summed E-state index contributed by atoms with van der Waals surface area (Å²) in [5.41, 5.74) is 3.93. The van der Waals surface area contributed by atoms with Crippen LogP contribution in [0, 0.1) is 6.92 Å². The lowest BCUT2D eigenvalue weighted by atomic mass is 10.1. The van der Waals surface area contributed by atoms with Crippen molar-refractivity contribution in [1.29, 1.82) is 0 Å². The molecule has 0 atom stereocenters. The van der Waals surface area contributed by atoms with Gasteiger partial charge in [0.2, 0.25) is 0 Å². The van der Waals surface area contributed by atoms with E-state index in [4.69, 9.17) is 11.6 Å². The summed E-state index contributed by atoms with van der Waals surface area (Å²) < 4.78 is 0. The largest absolute Gasteiger partial charge is 0.378 e. The van der Waals surface area contributed by atoms with E-state index < -0.39 is 0 Å². The normalized spacial score (nSPS) is 10.3. The highest BCUT2D eigenvalue weighted by atomic mass is 35.5. The van der Waals surface area contributed by atoms with Crippen LogP contribution in [0.1, 0.15) is 26.3 Å². The van der Waals surface area contributed by atoms with E-state index in [9.17, 15) is 9.59 Å². The Morgan fingerprint density at radius 2 is 1.69 bits per heavy atom. The number of carbonyl (C=O) groups is 2. The first-order valence-electron chi connectivity index (χ1n) is 8.96. The second-order valence-corrected chi connectivity index (χ2v) is 7.14. The zero-order valence-electron chi connectivity index (χ0n) is 16.4. The van der Waals surface area contributed by atoms with E-state index in [1.165, 1.54) is 6.20 Å². The van der Waals surface area contributed by atoms with Gasteiger partial charge in [0.05, 0.1) is 5.56 Å². The topological polar surface area (TPSA) is 74.3 Å². The fraction of sp³-hybridized carbons (Fsp3) is 0.136. The number of amides is 2. The standard InChI is InChI=1S/C22H21ClN4O2/c1-14-7-9-17(25-21(28)15-5-4-6-18(11-15)27(2)3)12-19(14)26-22(29)16-8-10-20(23)24-13-16/h4-13H,1-3H3,(H,25,28)(H,26,29). The molecule has 0 radical (unpaired) electrons. The van der Waals surface area contributed by atoms with Crippen molar-refractivity contribution in [1.82, 2.24) is 4.98 Å². The van der Waals surface area contributed by atoms with Crippen LogP contribution in [0.25, 0.3) is 0 Å². The van der Waals surface area contributed by atoms with Gasteiger partial charge in [-0.1, -0.05) is 23.7 Å². The van der Waals surface area contributed by atoms with Gasteiger partial charge in [-0.3, -0.25) is 9.59 Å². The fourth-order valence-corrected chi connectivity index (χ4v) is 2.78. The summed E-state index contributed by atoms with van der Waals surface area (Å²) in [7, 11) is 3.84. The number of pyridine rings is 1. The number of hydrogen-bond acceptors (Lipinski definition) is 4. The Hall–Kier alpha value is -3.38. The number of nitrogens with zero attached hydrogens (tertiary/aromatic N) is 2. The molecule has 0 spiro atoms. The van der Waals surface area contributed by atoms with Crippen molar-refractivity contribution >= 4 is 40.5 Å². The number of aryl methyl sites for hydroxylation is 1. The molecular weight excluding hydrogens is 388 g/mol. The monoisotopic (exact) mass is 408 g/mol. The summed E-state index contributed by atoms with van der Waals surface area (Å²) in [6, 6.07) is 15.9. The lowest BCUT2D eigenvalue weighted by Crippen LogP contribution is -2.15. The Labute approximate surface area is 174 Å². The summed E-state index contributed by atoms with van der Waals surface area (Å²) >= 11 is 5.76. The molecule has 0 aliphatic rings. The predicted molar refractivity (Wildman–Crippen MR) is 117 cm³/mol. The zero-order valence-corrected chi connectivity index (χ0v) is 17.1. The minimum absolute atomic E-state index is 0.225. The van der Waals surface area contributed by atoms with Gasteiger partial charge in [-0.05, 0) is 55.0 Å². The third-order valence-electron chi connectivity index (χ3n) is 4.36. The molecule has 2 aromatic carbocycles. The summed E-state index contributed by atoms with van der Waals surface area (Å²) in [6.07, 6.45) is 1.41. The second-order valence-electron chi connectivity index (χ2n) is 6.75. The van der Waals surface area contributed by atoms with Crippen LogP contribution in [-0.4, -0.2) is 30.9 Å². The van der Waals surface area contributed by atoms with Crippen LogP contribution < -0.4 is 15.5 Å². The molecule has 148 valence electrons. The number of nitrogens with one attached hydrogen (secondary N) is 2. The van der Waals surface area contributed by atoms with Crippen LogP contribution in [0.15, 0.2) is 60.8 Å². The maximum absolute atomic E-state index is 12.6. The molecule has 0 saturated carbocycles. The summed E-state index contributed by atoms with van der Waals surface area (Å²) in [5.74, 6) is -0.531. The molecule has 0 saturated heterocycles. The lowest BCUT2D eigenvalue weighted by Gasteiger charge is -2.14. The maximum Gasteiger partial charge on any atom is 0.257 e. The van der Waals surface area contributed by atoms with E-state index in [0.29, 0.717) is 27.7 Å². The number of benzene rings is 2. The Morgan fingerprint density at radius 3 is 2.38 bits per heavy atom. The van der Waals surface area contributed by atoms with E-state index >= 15 is 0 Å². The van der Waals surface area contributed by atoms with Crippen molar-refractivity contribution in [2.75, 3.05) is 29.6 Å². The van der Waals surface area contributed by atoms with Gasteiger partial charge in [0, 0.05) is 42.9 Å². The van der Waals surface area contributed by atoms with Gasteiger partial charge in [0.25, 0.3) is 11.8 Å². The third kappa shape index (κ3) is 5.12. The molecule has 3 rings (SSSR count). The number of rotatable bonds is 5. The van der Waals surface area contributed by atoms with Crippen LogP contribution in [0.2, 0.25) is 5.15 Å². The van der Waals surface area contributed by atoms with Gasteiger partial charge in [-0.15, -0.1) is 0 Å². The van der Waals surface area contributed by atoms with Crippen molar-refractivity contribution in [2.24, 2.45) is 0 Å². The Bertz CT molecular complexity index is 1050. The molecule has 0 fully saturated rings. The molecule has 0 aliphatic heterocycles. The average Bonchev–Trinajstić information content (AvgIpc) is 2.71. The van der Waals surface area contributed by atoms with Crippen LogP contribution >= 0.6 is 11.6 Å². The van der Waals surface area contributed by atoms with Gasteiger partial charge in [0.15, 0.2) is 0 Å². The van der Waals surface area contributed by atoms with Gasteiger partial charge < -0.3 is 15.5 Å². The van der Waals surface area contributed by atoms with E-state index in [0.717, 1.165) is 11.3 Å². The summed E-state index contributed by atoms with van der Waals surface area (Å²) in [5, 5.41) is 6.04. The summed E-state index contributed by atoms with van der Waals surface area (Å²) in [6.45, 7) is 1.88. The molecule has 29 heavy (non-hydrogen) atoms. The molecule has 3 aromatic rings. The highest BCUT2D eigenvalue weighted by Gasteiger charge is 2.11. The highest BCUT2D eigenvalue weighted by Crippen LogP contribution is 2.22. The van der Waals surface area contributed by atoms with Gasteiger partial charge in [-0.25, -0.2) is 4.98 Å². The molecule has 0 unspecified atom stereocenters. The van der Waals surface area contributed by atoms with Crippen LogP contribution in [0.5, 0.6) is 0 Å². The average molecular weight is 409 g/mol. The molecule has 6 nitrogen and oxygen atoms in total. The molecular formula is C22H21ClN4O2. The number of halogens is 1. The molecule has 0 bridgehead atoms. The van der Waals surface area contributed by atoms with Crippen LogP contribution in [0.3, 0.4) is 0 Å². The molecule has 7 heteroatoms. The summed E-state index contributed by atoms with van der Waals surface area (Å²) in [4.78, 5) is 30.9. The van der Waals surface area contributed by atoms with Crippen molar-refractivity contribution in [2.45, 2.75) is 6.92 Å². The first-order chi connectivity index (χ1) is 13.8. The van der Waals surface area contributed by atoms with Crippen LogP contribution in [-0.2, 0) is 0 Å². The molecule has 2 amide bonds. The first kappa shape index (κ1) is 20.4. The van der Waals surface area contributed by atoms with E-state index in [-0.39, 0.29) is 11.8 Å². The minimum Gasteiger partial charge on any atom is -0.378 e. The molecule has 0 aliphatic carbocycles. The van der Waals surface area contributed by atoms with E-state index in [1.54, 1.807) is 30.3 Å². The number of anilines is 3. The third-order valence-corrected chi connectivity index (χ3v) is 4.58. The number of hydrogen-bond donors (Lipinski definition) is 2. The lowest BCUT2D eigenvalue weighted by molar-refractivity contribution is 0.101. The van der Waals surface area contributed by atoms with Gasteiger partial charge in [-0.2, -0.15) is 0 Å². The quantitative estimate of drug-likeness (QED) is 0.604. The highest BCUT2D eigenvalue weighted by molar-refractivity contribution is 6.29. The maximum atomic E-state index is 12.6. The van der Waals surface area contributed by atoms with Crippen molar-refractivity contribution in [3.8, 4) is 0 Å². The fourth-order valence-electron chi connectivity index (χ4n) is 2.67. The van der Waals surface area contributed by atoms with Gasteiger partial charge in [0.1, 0.15) is 5.15 Å². The van der Waals surface area contributed by atoms with Gasteiger partial charge >= 0.3 is 0 Å². The minimum atomic E-state index is -0.306. The molecule has 1 aromatic heterocycles. The Balaban J connectivity index is 1.76. The van der Waals surface area contributed by atoms with E-state index in [1.807, 2.05) is 50.2 Å². The molecule has 2 N–H and O–H groups in total. The second kappa shape index (κ2) is 8.75. The Kier molecular flexibility index (Phi) is 6.14. The van der Waals surface area contributed by atoms with Crippen molar-refractivity contribution < 1.29 is 9.59 Å². The van der Waals surface area contributed by atoms with Crippen molar-refractivity contribution in [3.05, 3.63) is 82.6 Å². The zero-order chi connectivity index (χ0) is 21.0. The van der Waals surface area contributed by atoms with E-state index in [2.05, 4.69) is 15.6 Å². The van der Waals surface area contributed by atoms with Crippen molar-refractivity contribution in [3.63, 3.8) is 0 Å². The predicted octanol–water partition coefficient (Wildman–Crippen LogP) is 4.61. The SMILES string of the molecule is Cc1ccc(NC(=O)c2cccc(N(C)C)c2)cc1NC(=O)c1ccc(Cl)nc1. The number of carbonyl (C=O) groups excluding carboxylic acids is 2. The van der Waals surface area contributed by atoms with Crippen LogP contribution in [0.4, 0.5) is 17.1 Å². The number of aromatic nitrogens is 1.